The zero-order valence-corrected chi connectivity index (χ0v) is 17.7. The molecule has 1 aliphatic heterocycles. The summed E-state index contributed by atoms with van der Waals surface area (Å²) in [4.78, 5) is 18.9. The summed E-state index contributed by atoms with van der Waals surface area (Å²) >= 11 is 6.32. The van der Waals surface area contributed by atoms with Gasteiger partial charge < -0.3 is 15.2 Å². The number of ketones is 1. The second-order valence-corrected chi connectivity index (χ2v) is 8.50. The lowest BCUT2D eigenvalue weighted by atomic mass is 9.91. The molecule has 152 valence electrons. The van der Waals surface area contributed by atoms with Crippen LogP contribution in [0.1, 0.15) is 34.7 Å². The summed E-state index contributed by atoms with van der Waals surface area (Å²) in [5, 5.41) is 1.99. The third kappa shape index (κ3) is 3.95. The normalized spacial score (nSPS) is 15.4. The van der Waals surface area contributed by atoms with Gasteiger partial charge in [0.05, 0.1) is 6.54 Å². The van der Waals surface area contributed by atoms with Crippen LogP contribution < -0.4 is 5.73 Å². The van der Waals surface area contributed by atoms with Crippen LogP contribution in [0, 0.1) is 6.92 Å². The molecule has 0 spiro atoms. The van der Waals surface area contributed by atoms with E-state index in [1.54, 1.807) is 6.20 Å². The number of pyridine rings is 1. The highest BCUT2D eigenvalue weighted by Gasteiger charge is 2.26. The van der Waals surface area contributed by atoms with E-state index in [4.69, 9.17) is 17.3 Å². The Morgan fingerprint density at radius 2 is 2.17 bits per heavy atom. The number of hydrogen-bond acceptors (Lipinski definition) is 4. The van der Waals surface area contributed by atoms with Gasteiger partial charge in [0.25, 0.3) is 0 Å². The molecule has 0 fully saturated rings. The third-order valence-corrected chi connectivity index (χ3v) is 6.26. The van der Waals surface area contributed by atoms with E-state index >= 15 is 0 Å². The molecule has 2 N–H and O–H groups in total. The lowest BCUT2D eigenvalue weighted by Crippen LogP contribution is -2.28. The van der Waals surface area contributed by atoms with E-state index in [0.29, 0.717) is 6.42 Å². The van der Waals surface area contributed by atoms with Gasteiger partial charge in [0.15, 0.2) is 0 Å². The van der Waals surface area contributed by atoms with Gasteiger partial charge in [-0.25, -0.2) is 0 Å². The molecule has 0 bridgehead atoms. The molecule has 0 amide bonds. The Hall–Kier alpha value is -2.21. The Bertz CT molecular complexity index is 1060. The fourth-order valence-corrected chi connectivity index (χ4v) is 4.72. The van der Waals surface area contributed by atoms with Crippen molar-refractivity contribution in [1.29, 1.82) is 0 Å². The smallest absolute Gasteiger partial charge is 0.147 e. The molecule has 3 heterocycles. The zero-order chi connectivity index (χ0) is 20.5. The molecule has 5 nitrogen and oxygen atoms in total. The molecule has 29 heavy (non-hydrogen) atoms. The van der Waals surface area contributed by atoms with E-state index in [-0.39, 0.29) is 18.2 Å². The molecule has 1 aromatic carbocycles. The van der Waals surface area contributed by atoms with Gasteiger partial charge in [-0.1, -0.05) is 11.6 Å². The Morgan fingerprint density at radius 3 is 2.93 bits per heavy atom. The number of fused-ring (bicyclic) bond motifs is 3. The molecular weight excluding hydrogens is 384 g/mol. The first kappa shape index (κ1) is 20.1. The average molecular weight is 411 g/mol. The molecule has 0 saturated carbocycles. The fraction of sp³-hybridized carbons (Fsp3) is 0.391. The van der Waals surface area contributed by atoms with Crippen molar-refractivity contribution in [3.05, 3.63) is 64.1 Å². The summed E-state index contributed by atoms with van der Waals surface area (Å²) in [6.07, 6.45) is 5.11. The quantitative estimate of drug-likeness (QED) is 0.673. The molecule has 3 aromatic rings. The number of aromatic nitrogens is 2. The second kappa shape index (κ2) is 8.27. The summed E-state index contributed by atoms with van der Waals surface area (Å²) in [6, 6.07) is 8.17. The van der Waals surface area contributed by atoms with Crippen molar-refractivity contribution in [2.45, 2.75) is 38.8 Å². The Morgan fingerprint density at radius 1 is 1.34 bits per heavy atom. The van der Waals surface area contributed by atoms with Crippen molar-refractivity contribution in [2.75, 3.05) is 20.1 Å². The standard InChI is InChI=1S/C23H27ClN4O/c1-15-12-26-7-5-19(15)16(9-18(29)11-25)13-28-22-4-3-17(24)10-21(22)20-6-8-27(2)14-23(20)28/h3-5,7,10,12,16H,6,8-9,11,13-14,25H2,1-2H3. The van der Waals surface area contributed by atoms with Gasteiger partial charge >= 0.3 is 0 Å². The van der Waals surface area contributed by atoms with Crippen molar-refractivity contribution < 1.29 is 4.79 Å². The number of halogens is 1. The number of aryl methyl sites for hydroxylation is 1. The number of likely N-dealkylation sites (N-methyl/N-ethyl adjacent to an activating group) is 1. The minimum absolute atomic E-state index is 0.0525. The first-order valence-corrected chi connectivity index (χ1v) is 10.5. The van der Waals surface area contributed by atoms with Crippen molar-refractivity contribution in [3.8, 4) is 0 Å². The number of carbonyl (C=O) groups excluding carboxylic acids is 1. The molecular formula is C23H27ClN4O. The number of hydrogen-bond donors (Lipinski definition) is 1. The molecule has 0 saturated heterocycles. The molecule has 1 atom stereocenters. The van der Waals surface area contributed by atoms with Crippen LogP contribution in [0.4, 0.5) is 0 Å². The highest BCUT2D eigenvalue weighted by atomic mass is 35.5. The topological polar surface area (TPSA) is 64.2 Å². The number of nitrogens with two attached hydrogens (primary N) is 1. The minimum atomic E-state index is 0.0525. The SMILES string of the molecule is Cc1cnccc1C(CC(=O)CN)Cn1c2c(c3cc(Cl)ccc31)CCN(C)C2. The molecule has 4 rings (SSSR count). The first-order chi connectivity index (χ1) is 14.0. The van der Waals surface area contributed by atoms with Crippen LogP contribution in [0.15, 0.2) is 36.7 Å². The predicted octanol–water partition coefficient (Wildman–Crippen LogP) is 3.69. The van der Waals surface area contributed by atoms with Gasteiger partial charge in [0.2, 0.25) is 0 Å². The van der Waals surface area contributed by atoms with Crippen molar-refractivity contribution in [2.24, 2.45) is 5.73 Å². The van der Waals surface area contributed by atoms with Crippen molar-refractivity contribution >= 4 is 28.3 Å². The summed E-state index contributed by atoms with van der Waals surface area (Å²) in [5.41, 5.74) is 11.8. The van der Waals surface area contributed by atoms with Gasteiger partial charge in [-0.3, -0.25) is 9.78 Å². The van der Waals surface area contributed by atoms with Crippen LogP contribution in [-0.2, 0) is 24.3 Å². The van der Waals surface area contributed by atoms with Crippen molar-refractivity contribution in [3.63, 3.8) is 0 Å². The van der Waals surface area contributed by atoms with Gasteiger partial charge in [0, 0.05) is 66.0 Å². The molecule has 1 unspecified atom stereocenters. The van der Waals surface area contributed by atoms with Crippen LogP contribution in [-0.4, -0.2) is 40.4 Å². The average Bonchev–Trinajstić information content (AvgIpc) is 2.99. The van der Waals surface area contributed by atoms with Gasteiger partial charge in [-0.15, -0.1) is 0 Å². The zero-order valence-electron chi connectivity index (χ0n) is 17.0. The van der Waals surface area contributed by atoms with E-state index < -0.39 is 0 Å². The van der Waals surface area contributed by atoms with Crippen LogP contribution in [0.3, 0.4) is 0 Å². The molecule has 0 radical (unpaired) electrons. The Labute approximate surface area is 176 Å². The maximum absolute atomic E-state index is 12.3. The summed E-state index contributed by atoms with van der Waals surface area (Å²) in [5.74, 6) is 0.133. The van der Waals surface area contributed by atoms with E-state index in [1.165, 1.54) is 22.2 Å². The molecule has 0 aliphatic carbocycles. The summed E-state index contributed by atoms with van der Waals surface area (Å²) in [7, 11) is 2.15. The first-order valence-electron chi connectivity index (χ1n) is 10.1. The van der Waals surface area contributed by atoms with Crippen LogP contribution in [0.5, 0.6) is 0 Å². The van der Waals surface area contributed by atoms with E-state index in [0.717, 1.165) is 42.2 Å². The Kier molecular flexibility index (Phi) is 5.72. The molecule has 2 aromatic heterocycles. The van der Waals surface area contributed by atoms with Gasteiger partial charge in [0.1, 0.15) is 5.78 Å². The fourth-order valence-electron chi connectivity index (χ4n) is 4.55. The largest absolute Gasteiger partial charge is 0.342 e. The van der Waals surface area contributed by atoms with E-state index in [9.17, 15) is 4.79 Å². The van der Waals surface area contributed by atoms with Crippen LogP contribution in [0.2, 0.25) is 5.02 Å². The Balaban J connectivity index is 1.83. The predicted molar refractivity (Wildman–Crippen MR) is 117 cm³/mol. The number of carbonyl (C=O) groups is 1. The minimum Gasteiger partial charge on any atom is -0.342 e. The van der Waals surface area contributed by atoms with Crippen molar-refractivity contribution in [1.82, 2.24) is 14.5 Å². The van der Waals surface area contributed by atoms with Gasteiger partial charge in [-0.05, 0) is 61.3 Å². The number of Topliss-reactive ketones (excluding diaryl/α,β-unsaturated/α-hetero) is 1. The number of rotatable bonds is 6. The van der Waals surface area contributed by atoms with Crippen LogP contribution in [0.25, 0.3) is 10.9 Å². The lowest BCUT2D eigenvalue weighted by Gasteiger charge is -2.27. The highest BCUT2D eigenvalue weighted by molar-refractivity contribution is 6.31. The third-order valence-electron chi connectivity index (χ3n) is 6.02. The number of nitrogens with zero attached hydrogens (tertiary/aromatic N) is 3. The molecule has 6 heteroatoms. The highest BCUT2D eigenvalue weighted by Crippen LogP contribution is 2.35. The maximum Gasteiger partial charge on any atom is 0.147 e. The summed E-state index contributed by atoms with van der Waals surface area (Å²) in [6.45, 7) is 4.80. The molecule has 1 aliphatic rings. The number of benzene rings is 1. The second-order valence-electron chi connectivity index (χ2n) is 8.06. The maximum atomic E-state index is 12.3. The summed E-state index contributed by atoms with van der Waals surface area (Å²) < 4.78 is 2.39. The van der Waals surface area contributed by atoms with E-state index in [1.807, 2.05) is 18.3 Å². The monoisotopic (exact) mass is 410 g/mol. The van der Waals surface area contributed by atoms with Gasteiger partial charge in [-0.2, -0.15) is 0 Å². The van der Waals surface area contributed by atoms with Crippen LogP contribution >= 0.6 is 11.6 Å². The van der Waals surface area contributed by atoms with E-state index in [2.05, 4.69) is 40.6 Å². The lowest BCUT2D eigenvalue weighted by molar-refractivity contribution is -0.118.